The van der Waals surface area contributed by atoms with Gasteiger partial charge in [-0.25, -0.2) is 0 Å². The Kier molecular flexibility index (Phi) is 13.5. The maximum absolute atomic E-state index is 9.21. The number of hydrogen-bond donors (Lipinski definition) is 2. The first kappa shape index (κ1) is 21.7. The average Bonchev–Trinajstić information content (AvgIpc) is 2.54. The fraction of sp³-hybridized carbons (Fsp3) is 0. The zero-order chi connectivity index (χ0) is 17.5. The van der Waals surface area contributed by atoms with E-state index in [1.54, 1.807) is 36.0 Å². The third-order valence-corrected chi connectivity index (χ3v) is 3.92. The topological polar surface area (TPSA) is 118 Å². The Labute approximate surface area is 151 Å². The zero-order valence-electron chi connectivity index (χ0n) is 11.6. The van der Waals surface area contributed by atoms with E-state index in [9.17, 15) is 7.61 Å². The third-order valence-electron chi connectivity index (χ3n) is 2.02. The molecule has 0 aliphatic carbocycles. The Hall–Kier alpha value is -1.33. The van der Waals surface area contributed by atoms with Crippen molar-refractivity contribution in [2.75, 3.05) is 0 Å². The van der Waals surface area contributed by atoms with E-state index in [1.165, 1.54) is 0 Å². The average molecular weight is 380 g/mol. The Morgan fingerprint density at radius 1 is 0.783 bits per heavy atom. The van der Waals surface area contributed by atoms with Crippen LogP contribution in [0.4, 0.5) is 0 Å². The van der Waals surface area contributed by atoms with Crippen molar-refractivity contribution in [3.8, 4) is 11.5 Å². The number of rotatable bonds is 4. The first-order valence-corrected chi connectivity index (χ1v) is 9.37. The maximum atomic E-state index is 9.21. The number of aromatic hydroxyl groups is 2. The van der Waals surface area contributed by atoms with Crippen molar-refractivity contribution in [3.63, 3.8) is 0 Å². The number of hydrogen-bond acceptors (Lipinski definition) is 8. The molecule has 0 atom stereocenters. The molecule has 0 saturated carbocycles. The minimum absolute atomic E-state index is 0.269. The molecule has 2 rings (SSSR count). The molecule has 2 aromatic carbocycles. The van der Waals surface area contributed by atoms with Gasteiger partial charge in [-0.15, -0.1) is 0 Å². The van der Waals surface area contributed by atoms with Gasteiger partial charge in [-0.2, -0.15) is 0 Å². The molecule has 0 heterocycles. The molecular weight excluding hydrogens is 370 g/mol. The summed E-state index contributed by atoms with van der Waals surface area (Å²) in [5.41, 5.74) is 0. The van der Waals surface area contributed by atoms with Crippen molar-refractivity contribution >= 4 is 52.0 Å². The molecule has 11 heteroatoms. The van der Waals surface area contributed by atoms with Crippen LogP contribution in [0.3, 0.4) is 0 Å². The van der Waals surface area contributed by atoms with Crippen LogP contribution >= 0.6 is 11.8 Å². The number of benzene rings is 2. The summed E-state index contributed by atoms with van der Waals surface area (Å²) in [5, 5.41) is 18.2. The van der Waals surface area contributed by atoms with E-state index >= 15 is 0 Å². The van der Waals surface area contributed by atoms with Crippen LogP contribution in [-0.2, 0) is 19.4 Å². The standard InChI is InChI=1S/C12H10O2S.2Al.O2Si.3O/c13-9-1-5-11(6-2-9)15-12-7-3-10(14)4-8-12;;;1-3-2;;;/h1-8,13-14H;;;;;;. The van der Waals surface area contributed by atoms with Gasteiger partial charge in [-0.3, -0.25) is 8.92 Å². The first-order valence-electron chi connectivity index (χ1n) is 5.85. The summed E-state index contributed by atoms with van der Waals surface area (Å²) in [4.78, 5) is 2.11. The zero-order valence-corrected chi connectivity index (χ0v) is 15.7. The van der Waals surface area contributed by atoms with Gasteiger partial charge < -0.3 is 10.2 Å². The van der Waals surface area contributed by atoms with Crippen molar-refractivity contribution in [1.29, 1.82) is 0 Å². The van der Waals surface area contributed by atoms with Gasteiger partial charge in [0, 0.05) is 9.79 Å². The van der Waals surface area contributed by atoms with Crippen LogP contribution in [0.25, 0.3) is 0 Å². The summed E-state index contributed by atoms with van der Waals surface area (Å²) >= 11 is -0.896. The van der Waals surface area contributed by atoms with Crippen LogP contribution in [0.15, 0.2) is 58.3 Å². The van der Waals surface area contributed by atoms with E-state index in [-0.39, 0.29) is 11.5 Å². The molecule has 0 saturated heterocycles. The van der Waals surface area contributed by atoms with Crippen LogP contribution in [0.1, 0.15) is 0 Å². The van der Waals surface area contributed by atoms with Crippen molar-refractivity contribution in [1.82, 2.24) is 0 Å². The van der Waals surface area contributed by atoms with E-state index in [0.717, 1.165) is 9.79 Å². The Morgan fingerprint density at radius 3 is 1.30 bits per heavy atom. The molecule has 7 nitrogen and oxygen atoms in total. The minimum atomic E-state index is -1.42. The van der Waals surface area contributed by atoms with Gasteiger partial charge in [-0.05, 0) is 48.5 Å². The molecule has 0 radical (unpaired) electrons. The van der Waals surface area contributed by atoms with Gasteiger partial charge in [0.2, 0.25) is 0 Å². The normalized spacial score (nSPS) is 7.83. The fourth-order valence-corrected chi connectivity index (χ4v) is 2.19. The molecule has 0 aliphatic rings. The molecule has 2 aromatic rings. The van der Waals surface area contributed by atoms with Gasteiger partial charge in [0.1, 0.15) is 11.5 Å². The van der Waals surface area contributed by atoms with E-state index in [1.807, 2.05) is 24.3 Å². The van der Waals surface area contributed by atoms with Crippen LogP contribution in [0, 0.1) is 0 Å². The summed E-state index contributed by atoms with van der Waals surface area (Å²) in [6.45, 7) is 0. The Morgan fingerprint density at radius 2 is 1.09 bits per heavy atom. The van der Waals surface area contributed by atoms with E-state index in [0.29, 0.717) is 0 Å². The molecule has 0 fully saturated rings. The van der Waals surface area contributed by atoms with E-state index in [4.69, 9.17) is 19.1 Å². The molecule has 0 spiro atoms. The molecular formula is C12H10Al2O7SSi. The van der Waals surface area contributed by atoms with E-state index in [2.05, 4.69) is 2.84 Å². The summed E-state index contributed by atoms with van der Waals surface area (Å²) in [6, 6.07) is 14.0. The second-order valence-corrected chi connectivity index (χ2v) is 6.29. The molecule has 116 valence electrons. The van der Waals surface area contributed by atoms with Crippen LogP contribution < -0.4 is 0 Å². The van der Waals surface area contributed by atoms with Gasteiger partial charge >= 0.3 is 50.7 Å². The van der Waals surface area contributed by atoms with E-state index < -0.39 is 40.3 Å². The van der Waals surface area contributed by atoms with Crippen molar-refractivity contribution < 1.29 is 29.6 Å². The summed E-state index contributed by atoms with van der Waals surface area (Å²) in [7, 11) is -1.42. The summed E-state index contributed by atoms with van der Waals surface area (Å²) < 4.78 is 39.1. The van der Waals surface area contributed by atoms with Crippen molar-refractivity contribution in [2.24, 2.45) is 0 Å². The number of phenols is 2. The second kappa shape index (κ2) is 14.3. The van der Waals surface area contributed by atoms with Crippen molar-refractivity contribution in [3.05, 3.63) is 48.5 Å². The molecule has 0 aliphatic heterocycles. The van der Waals surface area contributed by atoms with Gasteiger partial charge in [-0.1, -0.05) is 11.8 Å². The summed E-state index contributed by atoms with van der Waals surface area (Å²) in [6.07, 6.45) is 0. The Bertz CT molecular complexity index is 581. The molecule has 23 heavy (non-hydrogen) atoms. The molecule has 0 unspecified atom stereocenters. The number of phenolic OH excluding ortho intramolecular Hbond substituents is 2. The van der Waals surface area contributed by atoms with Crippen LogP contribution in [0.5, 0.6) is 11.5 Å². The first-order chi connectivity index (χ1) is 11.1. The molecule has 0 bridgehead atoms. The second-order valence-electron chi connectivity index (χ2n) is 3.50. The van der Waals surface area contributed by atoms with Gasteiger partial charge in [0.15, 0.2) is 0 Å². The Balaban J connectivity index is 0.000000511. The fourth-order valence-electron chi connectivity index (χ4n) is 1.19. The summed E-state index contributed by atoms with van der Waals surface area (Å²) in [5.74, 6) is 0.537. The molecule has 0 amide bonds. The monoisotopic (exact) mass is 380 g/mol. The quantitative estimate of drug-likeness (QED) is 0.768. The van der Waals surface area contributed by atoms with Gasteiger partial charge in [0.25, 0.3) is 0 Å². The molecule has 0 aromatic heterocycles. The van der Waals surface area contributed by atoms with Gasteiger partial charge in [0.05, 0.1) is 0 Å². The molecule has 2 N–H and O–H groups in total. The predicted molar refractivity (Wildman–Crippen MR) is 81.4 cm³/mol. The third kappa shape index (κ3) is 11.8. The predicted octanol–water partition coefficient (Wildman–Crippen LogP) is 1.56. The van der Waals surface area contributed by atoms with Crippen LogP contribution in [-0.4, -0.2) is 50.5 Å². The van der Waals surface area contributed by atoms with Crippen LogP contribution in [0.2, 0.25) is 0 Å². The van der Waals surface area contributed by atoms with Crippen molar-refractivity contribution in [2.45, 2.75) is 9.79 Å². The SMILES string of the molecule is O=[Si]=O.Oc1ccc(Sc2ccc(O)cc2)cc1.[O]=[Al][O][Al]=[O].